The van der Waals surface area contributed by atoms with E-state index in [0.29, 0.717) is 5.69 Å². The first-order valence-electron chi connectivity index (χ1n) is 7.85. The number of amides is 1. The number of alkyl halides is 3. The van der Waals surface area contributed by atoms with Gasteiger partial charge in [-0.15, -0.1) is 0 Å². The molecule has 0 spiro atoms. The molecule has 0 fully saturated rings. The van der Waals surface area contributed by atoms with Crippen LogP contribution in [0.25, 0.3) is 5.69 Å². The number of nitrogens with zero attached hydrogens (tertiary/aromatic N) is 2. The highest BCUT2D eigenvalue weighted by atomic mass is 19.4. The molecule has 0 radical (unpaired) electrons. The van der Waals surface area contributed by atoms with E-state index in [1.165, 1.54) is 10.7 Å². The highest BCUT2D eigenvalue weighted by Gasteiger charge is 2.34. The summed E-state index contributed by atoms with van der Waals surface area (Å²) in [5.74, 6) is -0.832. The Kier molecular flexibility index (Phi) is 5.52. The minimum absolute atomic E-state index is 0.00430. The molecule has 0 saturated heterocycles. The smallest absolute Gasteiger partial charge is 0.352 e. The van der Waals surface area contributed by atoms with Crippen molar-refractivity contribution in [2.45, 2.75) is 33.5 Å². The summed E-state index contributed by atoms with van der Waals surface area (Å²) in [6.07, 6.45) is -4.54. The molecule has 0 aliphatic carbocycles. The van der Waals surface area contributed by atoms with Gasteiger partial charge in [0.2, 0.25) is 5.91 Å². The van der Waals surface area contributed by atoms with Crippen LogP contribution in [0, 0.1) is 19.8 Å². The number of aryl methyl sites for hydroxylation is 2. The molecule has 2 rings (SSSR count). The zero-order chi connectivity index (χ0) is 18.8. The van der Waals surface area contributed by atoms with E-state index >= 15 is 0 Å². The molecule has 3 N–H and O–H groups in total. The fourth-order valence-corrected chi connectivity index (χ4v) is 2.47. The molecule has 5 nitrogen and oxygen atoms in total. The van der Waals surface area contributed by atoms with Crippen molar-refractivity contribution in [2.75, 3.05) is 6.54 Å². The Morgan fingerprint density at radius 2 is 2.00 bits per heavy atom. The quantitative estimate of drug-likeness (QED) is 0.867. The maximum absolute atomic E-state index is 13.4. The van der Waals surface area contributed by atoms with Gasteiger partial charge >= 0.3 is 6.18 Å². The highest BCUT2D eigenvalue weighted by molar-refractivity contribution is 5.78. The van der Waals surface area contributed by atoms with Gasteiger partial charge < -0.3 is 11.1 Å². The molecule has 1 unspecified atom stereocenters. The van der Waals surface area contributed by atoms with E-state index in [1.807, 2.05) is 0 Å². The third-order valence-corrected chi connectivity index (χ3v) is 3.91. The lowest BCUT2D eigenvalue weighted by atomic mass is 10.1. The first-order valence-corrected chi connectivity index (χ1v) is 7.85. The van der Waals surface area contributed by atoms with Crippen LogP contribution in [-0.4, -0.2) is 22.2 Å². The van der Waals surface area contributed by atoms with Crippen molar-refractivity contribution >= 4 is 5.91 Å². The number of benzene rings is 1. The summed E-state index contributed by atoms with van der Waals surface area (Å²) < 4.78 is 41.8. The van der Waals surface area contributed by atoms with E-state index in [1.54, 1.807) is 32.9 Å². The van der Waals surface area contributed by atoms with Gasteiger partial charge in [-0.05, 0) is 37.6 Å². The van der Waals surface area contributed by atoms with Crippen LogP contribution in [-0.2, 0) is 17.5 Å². The van der Waals surface area contributed by atoms with E-state index in [2.05, 4.69) is 10.4 Å². The van der Waals surface area contributed by atoms with Crippen LogP contribution in [0.2, 0.25) is 0 Å². The summed E-state index contributed by atoms with van der Waals surface area (Å²) in [5, 5.41) is 6.70. The van der Waals surface area contributed by atoms with Crippen LogP contribution in [0.1, 0.15) is 29.4 Å². The number of hydrogen-bond donors (Lipinski definition) is 2. The summed E-state index contributed by atoms with van der Waals surface area (Å²) in [5.41, 5.74) is 6.38. The van der Waals surface area contributed by atoms with Crippen LogP contribution < -0.4 is 11.1 Å². The van der Waals surface area contributed by atoms with Gasteiger partial charge in [-0.3, -0.25) is 4.79 Å². The fraction of sp³-hybridized carbons (Fsp3) is 0.412. The Labute approximate surface area is 144 Å². The van der Waals surface area contributed by atoms with Gasteiger partial charge in [-0.1, -0.05) is 13.0 Å². The second-order valence-electron chi connectivity index (χ2n) is 6.03. The Bertz CT molecular complexity index is 768. The van der Waals surface area contributed by atoms with Crippen LogP contribution in [0.15, 0.2) is 24.3 Å². The van der Waals surface area contributed by atoms with Crippen molar-refractivity contribution in [2.24, 2.45) is 11.7 Å². The molecular formula is C17H21F3N4O. The lowest BCUT2D eigenvalue weighted by Crippen LogP contribution is -2.33. The number of carbonyl (C=O) groups is 1. The molecule has 136 valence electrons. The standard InChI is InChI=1S/C17H21F3N4O/c1-10(8-21)16(25)22-9-13-4-5-14(7-15(13)17(18,19)20)24-12(3)6-11(2)23-24/h4-7,10H,8-9,21H2,1-3H3,(H,22,25). The normalized spacial score (nSPS) is 12.9. The van der Waals surface area contributed by atoms with Crippen LogP contribution >= 0.6 is 0 Å². The van der Waals surface area contributed by atoms with Crippen molar-refractivity contribution in [1.29, 1.82) is 0 Å². The summed E-state index contributed by atoms with van der Waals surface area (Å²) in [7, 11) is 0. The third-order valence-electron chi connectivity index (χ3n) is 3.91. The first-order chi connectivity index (χ1) is 11.6. The summed E-state index contributed by atoms with van der Waals surface area (Å²) in [6, 6.07) is 5.76. The molecule has 0 saturated carbocycles. The topological polar surface area (TPSA) is 72.9 Å². The van der Waals surface area contributed by atoms with E-state index in [-0.39, 0.29) is 24.6 Å². The molecule has 0 bridgehead atoms. The fourth-order valence-electron chi connectivity index (χ4n) is 2.47. The van der Waals surface area contributed by atoms with Gasteiger partial charge in [0.15, 0.2) is 0 Å². The second-order valence-corrected chi connectivity index (χ2v) is 6.03. The predicted molar refractivity (Wildman–Crippen MR) is 88.1 cm³/mol. The average molecular weight is 354 g/mol. The maximum Gasteiger partial charge on any atom is 0.416 e. The molecule has 1 aromatic carbocycles. The highest BCUT2D eigenvalue weighted by Crippen LogP contribution is 2.33. The molecular weight excluding hydrogens is 333 g/mol. The minimum Gasteiger partial charge on any atom is -0.352 e. The molecule has 1 atom stereocenters. The van der Waals surface area contributed by atoms with Gasteiger partial charge in [0.05, 0.1) is 16.9 Å². The number of hydrogen-bond acceptors (Lipinski definition) is 3. The number of rotatable bonds is 5. The van der Waals surface area contributed by atoms with Gasteiger partial charge in [0.25, 0.3) is 0 Å². The zero-order valence-corrected chi connectivity index (χ0v) is 14.3. The molecule has 1 aromatic heterocycles. The van der Waals surface area contributed by atoms with E-state index in [4.69, 9.17) is 5.73 Å². The van der Waals surface area contributed by atoms with Gasteiger partial charge in [0, 0.05) is 24.7 Å². The van der Waals surface area contributed by atoms with Crippen molar-refractivity contribution in [3.05, 3.63) is 46.8 Å². The van der Waals surface area contributed by atoms with E-state index in [9.17, 15) is 18.0 Å². The number of nitrogens with one attached hydrogen (secondary N) is 1. The minimum atomic E-state index is -4.54. The van der Waals surface area contributed by atoms with Gasteiger partial charge in [-0.25, -0.2) is 4.68 Å². The lowest BCUT2D eigenvalue weighted by Gasteiger charge is -2.17. The van der Waals surface area contributed by atoms with Crippen LogP contribution in [0.4, 0.5) is 13.2 Å². The van der Waals surface area contributed by atoms with Gasteiger partial charge in [0.1, 0.15) is 0 Å². The van der Waals surface area contributed by atoms with E-state index < -0.39 is 17.7 Å². The number of carbonyl (C=O) groups excluding carboxylic acids is 1. The largest absolute Gasteiger partial charge is 0.416 e. The SMILES string of the molecule is Cc1cc(C)n(-c2ccc(CNC(=O)C(C)CN)c(C(F)(F)F)c2)n1. The second kappa shape index (κ2) is 7.26. The molecule has 25 heavy (non-hydrogen) atoms. The van der Waals surface area contributed by atoms with Crippen molar-refractivity contribution in [1.82, 2.24) is 15.1 Å². The number of halogens is 3. The van der Waals surface area contributed by atoms with Crippen molar-refractivity contribution < 1.29 is 18.0 Å². The van der Waals surface area contributed by atoms with Crippen LogP contribution in [0.3, 0.4) is 0 Å². The molecule has 1 amide bonds. The zero-order valence-electron chi connectivity index (χ0n) is 14.3. The maximum atomic E-state index is 13.4. The Balaban J connectivity index is 2.35. The third kappa shape index (κ3) is 4.39. The molecule has 8 heteroatoms. The molecule has 1 heterocycles. The Morgan fingerprint density at radius 1 is 1.32 bits per heavy atom. The molecule has 0 aliphatic rings. The Hall–Kier alpha value is -2.35. The number of nitrogens with two attached hydrogens (primary N) is 1. The molecule has 2 aromatic rings. The number of aromatic nitrogens is 2. The monoisotopic (exact) mass is 354 g/mol. The average Bonchev–Trinajstić information content (AvgIpc) is 2.89. The summed E-state index contributed by atoms with van der Waals surface area (Å²) in [4.78, 5) is 11.8. The van der Waals surface area contributed by atoms with Crippen molar-refractivity contribution in [3.8, 4) is 5.69 Å². The first kappa shape index (κ1) is 19.0. The predicted octanol–water partition coefficient (Wildman–Crippen LogP) is 2.72. The Morgan fingerprint density at radius 3 is 2.52 bits per heavy atom. The van der Waals surface area contributed by atoms with Gasteiger partial charge in [-0.2, -0.15) is 18.3 Å². The lowest BCUT2D eigenvalue weighted by molar-refractivity contribution is -0.138. The summed E-state index contributed by atoms with van der Waals surface area (Å²) >= 11 is 0. The molecule has 0 aliphatic heterocycles. The summed E-state index contributed by atoms with van der Waals surface area (Å²) in [6.45, 7) is 5.09. The van der Waals surface area contributed by atoms with E-state index in [0.717, 1.165) is 17.5 Å². The van der Waals surface area contributed by atoms with Crippen LogP contribution in [0.5, 0.6) is 0 Å². The van der Waals surface area contributed by atoms with Crippen molar-refractivity contribution in [3.63, 3.8) is 0 Å².